The van der Waals surface area contributed by atoms with Gasteiger partial charge in [0.05, 0.1) is 10.5 Å². The Morgan fingerprint density at radius 1 is 0.941 bits per heavy atom. The van der Waals surface area contributed by atoms with Crippen molar-refractivity contribution in [2.24, 2.45) is 0 Å². The molecule has 3 aromatic rings. The standard InChI is InChI=1S/C25H18N2O6S/c28-22(26-18-11-9-17(10-12-18)24(30)31)15-27-23(29)21(34-25(27)32)14-16-5-4-8-20(13-16)33-19-6-2-1-3-7-19/h1-14H,15H2,(H,26,28)(H,30,31)/b21-14-. The summed E-state index contributed by atoms with van der Waals surface area (Å²) in [4.78, 5) is 49.4. The Morgan fingerprint density at radius 2 is 1.65 bits per heavy atom. The van der Waals surface area contributed by atoms with E-state index < -0.39 is 29.6 Å². The summed E-state index contributed by atoms with van der Waals surface area (Å²) < 4.78 is 5.80. The molecule has 170 valence electrons. The summed E-state index contributed by atoms with van der Waals surface area (Å²) in [6, 6.07) is 21.9. The normalized spacial score (nSPS) is 14.4. The minimum absolute atomic E-state index is 0.0762. The maximum Gasteiger partial charge on any atom is 0.335 e. The molecule has 1 aliphatic rings. The summed E-state index contributed by atoms with van der Waals surface area (Å²) in [6.07, 6.45) is 1.57. The highest BCUT2D eigenvalue weighted by molar-refractivity contribution is 8.18. The van der Waals surface area contributed by atoms with E-state index >= 15 is 0 Å². The molecule has 3 amide bonds. The van der Waals surface area contributed by atoms with E-state index in [1.807, 2.05) is 30.3 Å². The molecule has 0 aromatic heterocycles. The number of benzene rings is 3. The number of nitrogens with one attached hydrogen (secondary N) is 1. The smallest absolute Gasteiger partial charge is 0.335 e. The Labute approximate surface area is 198 Å². The third kappa shape index (κ3) is 5.51. The molecule has 3 aromatic carbocycles. The molecule has 4 rings (SSSR count). The van der Waals surface area contributed by atoms with Crippen LogP contribution in [0.3, 0.4) is 0 Å². The number of carboxylic acid groups (broad SMARTS) is 1. The van der Waals surface area contributed by atoms with Crippen molar-refractivity contribution in [1.29, 1.82) is 0 Å². The fourth-order valence-electron chi connectivity index (χ4n) is 3.12. The van der Waals surface area contributed by atoms with Gasteiger partial charge in [-0.25, -0.2) is 4.79 Å². The zero-order chi connectivity index (χ0) is 24.1. The van der Waals surface area contributed by atoms with E-state index in [2.05, 4.69) is 5.32 Å². The Kier molecular flexibility index (Phi) is 6.74. The predicted octanol–water partition coefficient (Wildman–Crippen LogP) is 4.85. The lowest BCUT2D eigenvalue weighted by Crippen LogP contribution is -2.36. The first-order valence-electron chi connectivity index (χ1n) is 10.1. The lowest BCUT2D eigenvalue weighted by molar-refractivity contribution is -0.127. The summed E-state index contributed by atoms with van der Waals surface area (Å²) in [6.45, 7) is -0.458. The van der Waals surface area contributed by atoms with Gasteiger partial charge in [-0.15, -0.1) is 0 Å². The van der Waals surface area contributed by atoms with E-state index in [0.717, 1.165) is 16.7 Å². The fourth-order valence-corrected chi connectivity index (χ4v) is 3.96. The molecule has 1 saturated heterocycles. The van der Waals surface area contributed by atoms with Gasteiger partial charge in [0.2, 0.25) is 5.91 Å². The number of carbonyl (C=O) groups excluding carboxylic acids is 3. The Morgan fingerprint density at radius 3 is 2.35 bits per heavy atom. The van der Waals surface area contributed by atoms with Gasteiger partial charge in [0.1, 0.15) is 18.0 Å². The highest BCUT2D eigenvalue weighted by Gasteiger charge is 2.36. The second-order valence-corrected chi connectivity index (χ2v) is 8.18. The minimum Gasteiger partial charge on any atom is -0.478 e. The quantitative estimate of drug-likeness (QED) is 0.471. The molecule has 0 radical (unpaired) electrons. The van der Waals surface area contributed by atoms with Crippen LogP contribution in [0.4, 0.5) is 10.5 Å². The number of amides is 3. The summed E-state index contributed by atoms with van der Waals surface area (Å²) in [5.41, 5.74) is 1.10. The molecule has 9 heteroatoms. The molecule has 0 aliphatic carbocycles. The van der Waals surface area contributed by atoms with Crippen LogP contribution in [-0.2, 0) is 9.59 Å². The van der Waals surface area contributed by atoms with Crippen LogP contribution in [0.15, 0.2) is 83.8 Å². The number of carbonyl (C=O) groups is 4. The van der Waals surface area contributed by atoms with E-state index in [0.29, 0.717) is 22.7 Å². The Balaban J connectivity index is 1.41. The van der Waals surface area contributed by atoms with Gasteiger partial charge in [-0.3, -0.25) is 19.3 Å². The van der Waals surface area contributed by atoms with Gasteiger partial charge >= 0.3 is 5.97 Å². The molecule has 1 aliphatic heterocycles. The highest BCUT2D eigenvalue weighted by Crippen LogP contribution is 2.33. The van der Waals surface area contributed by atoms with Crippen molar-refractivity contribution in [2.75, 3.05) is 11.9 Å². The van der Waals surface area contributed by atoms with Crippen molar-refractivity contribution in [3.8, 4) is 11.5 Å². The second-order valence-electron chi connectivity index (χ2n) is 7.19. The third-order valence-corrected chi connectivity index (χ3v) is 5.63. The molecule has 1 fully saturated rings. The highest BCUT2D eigenvalue weighted by atomic mass is 32.2. The molecule has 1 heterocycles. The SMILES string of the molecule is O=C(CN1C(=O)S/C(=C\c2cccc(Oc3ccccc3)c2)C1=O)Nc1ccc(C(=O)O)cc1. The van der Waals surface area contributed by atoms with Crippen LogP contribution in [-0.4, -0.2) is 39.6 Å². The van der Waals surface area contributed by atoms with Crippen molar-refractivity contribution in [1.82, 2.24) is 4.90 Å². The van der Waals surface area contributed by atoms with Gasteiger partial charge in [0, 0.05) is 5.69 Å². The van der Waals surface area contributed by atoms with Gasteiger partial charge in [-0.05, 0) is 71.9 Å². The molecule has 0 spiro atoms. The van der Waals surface area contributed by atoms with Crippen molar-refractivity contribution in [2.45, 2.75) is 0 Å². The van der Waals surface area contributed by atoms with Crippen LogP contribution in [0.2, 0.25) is 0 Å². The number of ether oxygens (including phenoxy) is 1. The van der Waals surface area contributed by atoms with Crippen LogP contribution < -0.4 is 10.1 Å². The van der Waals surface area contributed by atoms with Crippen LogP contribution >= 0.6 is 11.8 Å². The maximum atomic E-state index is 12.7. The summed E-state index contributed by atoms with van der Waals surface area (Å²) in [5, 5.41) is 10.9. The number of anilines is 1. The first-order chi connectivity index (χ1) is 16.4. The van der Waals surface area contributed by atoms with Gasteiger partial charge in [-0.2, -0.15) is 0 Å². The third-order valence-electron chi connectivity index (χ3n) is 4.73. The number of rotatable bonds is 7. The summed E-state index contributed by atoms with van der Waals surface area (Å²) >= 11 is 0.752. The number of nitrogens with zero attached hydrogens (tertiary/aromatic N) is 1. The van der Waals surface area contributed by atoms with E-state index in [1.165, 1.54) is 24.3 Å². The van der Waals surface area contributed by atoms with Crippen LogP contribution in [0.5, 0.6) is 11.5 Å². The predicted molar refractivity (Wildman–Crippen MR) is 128 cm³/mol. The van der Waals surface area contributed by atoms with Gasteiger partial charge in [-0.1, -0.05) is 30.3 Å². The first-order valence-corrected chi connectivity index (χ1v) is 10.9. The first kappa shape index (κ1) is 22.8. The second kappa shape index (κ2) is 10.1. The van der Waals surface area contributed by atoms with Crippen molar-refractivity contribution < 1.29 is 29.0 Å². The molecule has 0 saturated carbocycles. The van der Waals surface area contributed by atoms with Crippen LogP contribution in [0.1, 0.15) is 15.9 Å². The van der Waals surface area contributed by atoms with Gasteiger partial charge in [0.25, 0.3) is 11.1 Å². The molecular formula is C25H18N2O6S. The topological polar surface area (TPSA) is 113 Å². The minimum atomic E-state index is -1.08. The van der Waals surface area contributed by atoms with Gasteiger partial charge in [0.15, 0.2) is 0 Å². The molecular weight excluding hydrogens is 456 g/mol. The Hall–Kier alpha value is -4.37. The van der Waals surface area contributed by atoms with E-state index in [9.17, 15) is 19.2 Å². The van der Waals surface area contributed by atoms with Crippen molar-refractivity contribution in [3.63, 3.8) is 0 Å². The maximum absolute atomic E-state index is 12.7. The number of carboxylic acids is 1. The summed E-state index contributed by atoms with van der Waals surface area (Å²) in [7, 11) is 0. The largest absolute Gasteiger partial charge is 0.478 e. The summed E-state index contributed by atoms with van der Waals surface area (Å²) in [5.74, 6) is -0.985. The zero-order valence-electron chi connectivity index (χ0n) is 17.6. The zero-order valence-corrected chi connectivity index (χ0v) is 18.5. The Bertz CT molecular complexity index is 1290. The lowest BCUT2D eigenvalue weighted by atomic mass is 10.2. The number of thioether (sulfide) groups is 1. The molecule has 34 heavy (non-hydrogen) atoms. The molecule has 2 N–H and O–H groups in total. The lowest BCUT2D eigenvalue weighted by Gasteiger charge is -2.12. The van der Waals surface area contributed by atoms with E-state index in [4.69, 9.17) is 9.84 Å². The molecule has 8 nitrogen and oxygen atoms in total. The molecule has 0 unspecified atom stereocenters. The number of hydrogen-bond acceptors (Lipinski definition) is 6. The number of para-hydroxylation sites is 1. The van der Waals surface area contributed by atoms with Gasteiger partial charge < -0.3 is 15.2 Å². The monoisotopic (exact) mass is 474 g/mol. The number of imide groups is 1. The number of hydrogen-bond donors (Lipinski definition) is 2. The van der Waals surface area contributed by atoms with Crippen LogP contribution in [0.25, 0.3) is 6.08 Å². The van der Waals surface area contributed by atoms with Crippen molar-refractivity contribution in [3.05, 3.63) is 94.9 Å². The molecule has 0 bridgehead atoms. The number of aromatic carboxylic acids is 1. The average Bonchev–Trinajstić information content (AvgIpc) is 3.07. The van der Waals surface area contributed by atoms with Crippen molar-refractivity contribution >= 4 is 46.5 Å². The van der Waals surface area contributed by atoms with E-state index in [-0.39, 0.29) is 10.5 Å². The van der Waals surface area contributed by atoms with Crippen LogP contribution in [0, 0.1) is 0 Å². The average molecular weight is 474 g/mol. The van der Waals surface area contributed by atoms with E-state index in [1.54, 1.807) is 30.3 Å². The molecule has 0 atom stereocenters. The fraction of sp³-hybridized carbons (Fsp3) is 0.0400.